The summed E-state index contributed by atoms with van der Waals surface area (Å²) < 4.78 is 30.2. The van der Waals surface area contributed by atoms with E-state index in [-0.39, 0.29) is 30.2 Å². The van der Waals surface area contributed by atoms with Crippen LogP contribution >= 0.6 is 11.6 Å². The molecule has 1 atom stereocenters. The van der Waals surface area contributed by atoms with Gasteiger partial charge in [0.15, 0.2) is 9.84 Å². The second-order valence-electron chi connectivity index (χ2n) is 9.18. The van der Waals surface area contributed by atoms with E-state index in [1.54, 1.807) is 29.2 Å². The van der Waals surface area contributed by atoms with Crippen LogP contribution in [0.5, 0.6) is 0 Å². The van der Waals surface area contributed by atoms with E-state index in [1.807, 2.05) is 20.8 Å². The first-order chi connectivity index (χ1) is 13.5. The first kappa shape index (κ1) is 20.3. The Morgan fingerprint density at radius 2 is 1.93 bits per heavy atom. The smallest absolute Gasteiger partial charge is 0.231 e. The number of hydrogen-bond donors (Lipinski definition) is 0. The number of carbonyl (C=O) groups excluding carboxylic acids is 1. The third-order valence-electron chi connectivity index (χ3n) is 5.72. The summed E-state index contributed by atoms with van der Waals surface area (Å²) in [7, 11) is -3.36. The highest BCUT2D eigenvalue weighted by Gasteiger charge is 2.64. The Morgan fingerprint density at radius 3 is 2.55 bits per heavy atom. The van der Waals surface area contributed by atoms with Gasteiger partial charge >= 0.3 is 0 Å². The predicted octanol–water partition coefficient (Wildman–Crippen LogP) is 3.31. The number of rotatable bonds is 3. The van der Waals surface area contributed by atoms with E-state index in [9.17, 15) is 13.2 Å². The standard InChI is InChI=1S/C20H24ClN3O4S/c1-19(2,3)10-16(25)24-11-20(12-24)15(8-9-29(20,26)27)18-22-17(23-28-18)13-4-6-14(21)7-5-13/h4-7,15H,8-12H2,1-3H3. The average Bonchev–Trinajstić information content (AvgIpc) is 3.14. The third-order valence-corrected chi connectivity index (χ3v) is 8.53. The molecule has 2 saturated heterocycles. The summed E-state index contributed by atoms with van der Waals surface area (Å²) >= 11 is 5.92. The van der Waals surface area contributed by atoms with Gasteiger partial charge in [-0.05, 0) is 36.1 Å². The molecular formula is C20H24ClN3O4S. The van der Waals surface area contributed by atoms with E-state index in [0.717, 1.165) is 5.56 Å². The van der Waals surface area contributed by atoms with Gasteiger partial charge < -0.3 is 9.42 Å². The molecule has 7 nitrogen and oxygen atoms in total. The minimum Gasteiger partial charge on any atom is -0.339 e. The van der Waals surface area contributed by atoms with Crippen molar-refractivity contribution in [3.63, 3.8) is 0 Å². The fourth-order valence-electron chi connectivity index (χ4n) is 4.16. The van der Waals surface area contributed by atoms with Gasteiger partial charge in [-0.25, -0.2) is 8.42 Å². The molecule has 0 aliphatic carbocycles. The van der Waals surface area contributed by atoms with Crippen molar-refractivity contribution < 1.29 is 17.7 Å². The first-order valence-electron chi connectivity index (χ1n) is 9.60. The highest BCUT2D eigenvalue weighted by molar-refractivity contribution is 7.93. The molecule has 2 aliphatic heterocycles. The molecule has 1 aromatic carbocycles. The van der Waals surface area contributed by atoms with Crippen molar-refractivity contribution in [1.82, 2.24) is 15.0 Å². The van der Waals surface area contributed by atoms with Crippen LogP contribution in [0, 0.1) is 5.41 Å². The normalized spacial score (nSPS) is 22.6. The molecule has 3 heterocycles. The maximum absolute atomic E-state index is 12.9. The highest BCUT2D eigenvalue weighted by atomic mass is 35.5. The Bertz CT molecular complexity index is 1030. The molecule has 4 rings (SSSR count). The van der Waals surface area contributed by atoms with E-state index < -0.39 is 20.5 Å². The number of sulfone groups is 1. The van der Waals surface area contributed by atoms with Crippen LogP contribution in [-0.2, 0) is 14.6 Å². The predicted molar refractivity (Wildman–Crippen MR) is 109 cm³/mol. The van der Waals surface area contributed by atoms with Crippen molar-refractivity contribution in [3.05, 3.63) is 35.2 Å². The second kappa shape index (κ2) is 6.80. The van der Waals surface area contributed by atoms with E-state index in [1.165, 1.54) is 0 Å². The SMILES string of the molecule is CC(C)(C)CC(=O)N1CC2(C1)C(c1nc(-c3ccc(Cl)cc3)no1)CCS2(=O)=O. The second-order valence-corrected chi connectivity index (χ2v) is 12.1. The molecule has 156 valence electrons. The minimum atomic E-state index is -3.36. The molecule has 2 aromatic rings. The number of nitrogens with zero attached hydrogens (tertiary/aromatic N) is 3. The summed E-state index contributed by atoms with van der Waals surface area (Å²) in [5.41, 5.74) is 0.600. The summed E-state index contributed by atoms with van der Waals surface area (Å²) in [6.45, 7) is 6.35. The van der Waals surface area contributed by atoms with Gasteiger partial charge in [0.05, 0.1) is 11.7 Å². The number of benzene rings is 1. The van der Waals surface area contributed by atoms with Crippen molar-refractivity contribution >= 4 is 27.3 Å². The summed E-state index contributed by atoms with van der Waals surface area (Å²) in [4.78, 5) is 18.6. The van der Waals surface area contributed by atoms with Crippen molar-refractivity contribution in [2.75, 3.05) is 18.8 Å². The molecule has 1 spiro atoms. The Labute approximate surface area is 175 Å². The average molecular weight is 438 g/mol. The van der Waals surface area contributed by atoms with E-state index >= 15 is 0 Å². The quantitative estimate of drug-likeness (QED) is 0.731. The molecule has 1 unspecified atom stereocenters. The van der Waals surface area contributed by atoms with Crippen LogP contribution in [0.4, 0.5) is 0 Å². The zero-order chi connectivity index (χ0) is 21.0. The van der Waals surface area contributed by atoms with Gasteiger partial charge in [0.2, 0.25) is 17.6 Å². The number of carbonyl (C=O) groups is 1. The lowest BCUT2D eigenvalue weighted by Gasteiger charge is -2.49. The summed E-state index contributed by atoms with van der Waals surface area (Å²) in [6, 6.07) is 7.04. The van der Waals surface area contributed by atoms with Crippen molar-refractivity contribution in [2.45, 2.75) is 44.3 Å². The Morgan fingerprint density at radius 1 is 1.28 bits per heavy atom. The molecule has 0 N–H and O–H groups in total. The van der Waals surface area contributed by atoms with E-state index in [2.05, 4.69) is 10.1 Å². The molecule has 1 amide bonds. The summed E-state index contributed by atoms with van der Waals surface area (Å²) in [5, 5.41) is 4.63. The number of halogens is 1. The largest absolute Gasteiger partial charge is 0.339 e. The van der Waals surface area contributed by atoms with Crippen LogP contribution in [0.15, 0.2) is 28.8 Å². The number of likely N-dealkylation sites (tertiary alicyclic amines) is 1. The summed E-state index contributed by atoms with van der Waals surface area (Å²) in [5.74, 6) is 0.364. The topological polar surface area (TPSA) is 93.4 Å². The monoisotopic (exact) mass is 437 g/mol. The number of aromatic nitrogens is 2. The maximum Gasteiger partial charge on any atom is 0.231 e. The lowest BCUT2D eigenvalue weighted by molar-refractivity contribution is -0.138. The van der Waals surface area contributed by atoms with Crippen LogP contribution in [-0.4, -0.2) is 53.0 Å². The van der Waals surface area contributed by atoms with Crippen molar-refractivity contribution in [2.24, 2.45) is 5.41 Å². The number of amides is 1. The van der Waals surface area contributed by atoms with Gasteiger partial charge in [0.25, 0.3) is 0 Å². The van der Waals surface area contributed by atoms with Crippen molar-refractivity contribution in [1.29, 1.82) is 0 Å². The Kier molecular flexibility index (Phi) is 4.77. The maximum atomic E-state index is 12.9. The zero-order valence-electron chi connectivity index (χ0n) is 16.7. The lowest BCUT2D eigenvalue weighted by Crippen LogP contribution is -2.67. The van der Waals surface area contributed by atoms with Gasteiger partial charge in [0.1, 0.15) is 4.75 Å². The van der Waals surface area contributed by atoms with Crippen LogP contribution in [0.1, 0.15) is 45.4 Å². The van der Waals surface area contributed by atoms with Crippen LogP contribution in [0.25, 0.3) is 11.4 Å². The highest BCUT2D eigenvalue weighted by Crippen LogP contribution is 2.50. The molecule has 9 heteroatoms. The fraction of sp³-hybridized carbons (Fsp3) is 0.550. The van der Waals surface area contributed by atoms with E-state index in [0.29, 0.717) is 29.6 Å². The lowest BCUT2D eigenvalue weighted by atomic mass is 9.82. The minimum absolute atomic E-state index is 0.0173. The van der Waals surface area contributed by atoms with Gasteiger partial charge in [-0.3, -0.25) is 4.79 Å². The number of hydrogen-bond acceptors (Lipinski definition) is 6. The Hall–Kier alpha value is -1.93. The first-order valence-corrected chi connectivity index (χ1v) is 11.6. The van der Waals surface area contributed by atoms with Crippen molar-refractivity contribution in [3.8, 4) is 11.4 Å². The van der Waals surface area contributed by atoms with Crippen LogP contribution < -0.4 is 0 Å². The molecule has 1 aromatic heterocycles. The van der Waals surface area contributed by atoms with Gasteiger partial charge in [-0.2, -0.15) is 4.98 Å². The molecular weight excluding hydrogens is 414 g/mol. The molecule has 2 fully saturated rings. The molecule has 0 radical (unpaired) electrons. The fourth-order valence-corrected chi connectivity index (χ4v) is 6.59. The third kappa shape index (κ3) is 3.57. The summed E-state index contributed by atoms with van der Waals surface area (Å²) in [6.07, 6.45) is 0.807. The molecule has 0 saturated carbocycles. The van der Waals surface area contributed by atoms with E-state index in [4.69, 9.17) is 16.1 Å². The molecule has 29 heavy (non-hydrogen) atoms. The zero-order valence-corrected chi connectivity index (χ0v) is 18.3. The molecule has 0 bridgehead atoms. The molecule has 2 aliphatic rings. The van der Waals surface area contributed by atoms with Crippen LogP contribution in [0.3, 0.4) is 0 Å². The van der Waals surface area contributed by atoms with Gasteiger partial charge in [-0.1, -0.05) is 37.5 Å². The Balaban J connectivity index is 1.57. The van der Waals surface area contributed by atoms with Gasteiger partial charge in [0, 0.05) is 30.1 Å². The van der Waals surface area contributed by atoms with Gasteiger partial charge in [-0.15, -0.1) is 0 Å². The van der Waals surface area contributed by atoms with Crippen LogP contribution in [0.2, 0.25) is 5.02 Å².